The summed E-state index contributed by atoms with van der Waals surface area (Å²) in [7, 11) is 0.796. The summed E-state index contributed by atoms with van der Waals surface area (Å²) in [4.78, 5) is 11.4. The molecule has 0 aromatic heterocycles. The number of rotatable bonds is 0. The molecule has 0 atom stereocenters. The van der Waals surface area contributed by atoms with Gasteiger partial charge >= 0.3 is 0 Å². The summed E-state index contributed by atoms with van der Waals surface area (Å²) in [6, 6.07) is 0. The van der Waals surface area contributed by atoms with Crippen molar-refractivity contribution in [3.8, 4) is 0 Å². The maximum Gasteiger partial charge on any atom is 0.205 e. The van der Waals surface area contributed by atoms with Crippen LogP contribution in [0.4, 0.5) is 0 Å². The monoisotopic (exact) mass is 192 g/mol. The standard InChI is InChI=1S/C12H21BO/c14-12-10-8-6-4-2-1-3-5-7-9-11-13-12/h5,7,13H,1-4,6,8-11H2. The van der Waals surface area contributed by atoms with Gasteiger partial charge in [-0.3, -0.25) is 0 Å². The third-order valence-corrected chi connectivity index (χ3v) is 2.82. The highest BCUT2D eigenvalue weighted by Crippen LogP contribution is 2.09. The summed E-state index contributed by atoms with van der Waals surface area (Å²) >= 11 is 0. The van der Waals surface area contributed by atoms with Crippen molar-refractivity contribution in [1.29, 1.82) is 0 Å². The lowest BCUT2D eigenvalue weighted by Gasteiger charge is -1.99. The van der Waals surface area contributed by atoms with Crippen LogP contribution in [0, 0.1) is 0 Å². The molecule has 0 amide bonds. The van der Waals surface area contributed by atoms with E-state index in [1.807, 2.05) is 0 Å². The fraction of sp³-hybridized carbons (Fsp3) is 0.750. The van der Waals surface area contributed by atoms with Gasteiger partial charge in [0.25, 0.3) is 0 Å². The van der Waals surface area contributed by atoms with Crippen molar-refractivity contribution in [2.45, 2.75) is 57.7 Å². The van der Waals surface area contributed by atoms with Crippen molar-refractivity contribution in [2.24, 2.45) is 0 Å². The Bertz CT molecular complexity index is 187. The normalized spacial score (nSPS) is 21.6. The molecule has 1 heterocycles. The molecule has 1 rings (SSSR count). The Balaban J connectivity index is 2.23. The van der Waals surface area contributed by atoms with E-state index in [9.17, 15) is 4.79 Å². The molecule has 0 saturated carbocycles. The van der Waals surface area contributed by atoms with Crippen LogP contribution < -0.4 is 0 Å². The fourth-order valence-corrected chi connectivity index (χ4v) is 1.89. The average molecular weight is 192 g/mol. The number of hydrogen-bond donors (Lipinski definition) is 0. The van der Waals surface area contributed by atoms with E-state index in [-0.39, 0.29) is 0 Å². The smallest absolute Gasteiger partial charge is 0.205 e. The van der Waals surface area contributed by atoms with Crippen molar-refractivity contribution < 1.29 is 4.79 Å². The second kappa shape index (κ2) is 7.84. The van der Waals surface area contributed by atoms with Gasteiger partial charge in [0.15, 0.2) is 0 Å². The van der Waals surface area contributed by atoms with Crippen LogP contribution in [0.3, 0.4) is 0 Å². The van der Waals surface area contributed by atoms with Crippen molar-refractivity contribution >= 4 is 13.0 Å². The van der Waals surface area contributed by atoms with E-state index in [2.05, 4.69) is 12.2 Å². The molecular formula is C12H21BO. The molecule has 0 N–H and O–H groups in total. The van der Waals surface area contributed by atoms with E-state index in [0.717, 1.165) is 32.9 Å². The Hall–Kier alpha value is -0.525. The highest BCUT2D eigenvalue weighted by atomic mass is 16.1. The zero-order chi connectivity index (χ0) is 10.1. The Kier molecular flexibility index (Phi) is 6.47. The zero-order valence-electron chi connectivity index (χ0n) is 9.13. The van der Waals surface area contributed by atoms with Crippen molar-refractivity contribution in [1.82, 2.24) is 0 Å². The molecule has 0 saturated heterocycles. The van der Waals surface area contributed by atoms with Gasteiger partial charge in [-0.05, 0) is 32.1 Å². The highest BCUT2D eigenvalue weighted by molar-refractivity contribution is 6.73. The summed E-state index contributed by atoms with van der Waals surface area (Å²) in [5, 5.41) is 0. The summed E-state index contributed by atoms with van der Waals surface area (Å²) in [6.07, 6.45) is 15.0. The van der Waals surface area contributed by atoms with Gasteiger partial charge in [-0.1, -0.05) is 37.7 Å². The molecule has 0 radical (unpaired) electrons. The van der Waals surface area contributed by atoms with Crippen LogP contribution in [0.5, 0.6) is 0 Å². The van der Waals surface area contributed by atoms with E-state index in [4.69, 9.17) is 0 Å². The summed E-state index contributed by atoms with van der Waals surface area (Å²) < 4.78 is 0. The molecule has 1 nitrogen and oxygen atoms in total. The van der Waals surface area contributed by atoms with Crippen LogP contribution in [0.15, 0.2) is 12.2 Å². The van der Waals surface area contributed by atoms with Gasteiger partial charge in [-0.2, -0.15) is 0 Å². The zero-order valence-corrected chi connectivity index (χ0v) is 9.13. The quantitative estimate of drug-likeness (QED) is 0.425. The van der Waals surface area contributed by atoms with Crippen molar-refractivity contribution in [2.75, 3.05) is 0 Å². The maximum absolute atomic E-state index is 11.4. The number of carbonyl (C=O) groups is 1. The first-order valence-electron chi connectivity index (χ1n) is 6.06. The fourth-order valence-electron chi connectivity index (χ4n) is 1.89. The lowest BCUT2D eigenvalue weighted by Crippen LogP contribution is -2.07. The highest BCUT2D eigenvalue weighted by Gasteiger charge is 2.03. The third kappa shape index (κ3) is 6.01. The first-order valence-corrected chi connectivity index (χ1v) is 6.06. The van der Waals surface area contributed by atoms with Crippen molar-refractivity contribution in [3.05, 3.63) is 12.2 Å². The lowest BCUT2D eigenvalue weighted by molar-refractivity contribution is -0.112. The van der Waals surface area contributed by atoms with Gasteiger partial charge in [0.05, 0.1) is 5.68 Å². The molecular weight excluding hydrogens is 171 g/mol. The van der Waals surface area contributed by atoms with Crippen LogP contribution in [-0.2, 0) is 4.79 Å². The third-order valence-electron chi connectivity index (χ3n) is 2.82. The molecule has 1 aliphatic rings. The molecule has 0 aliphatic carbocycles. The summed E-state index contributed by atoms with van der Waals surface area (Å²) in [5.41, 5.74) is 0.470. The number of hydrogen-bond acceptors (Lipinski definition) is 1. The number of carbonyl (C=O) groups excluding carboxylic acids is 1. The molecule has 0 spiro atoms. The molecule has 0 aromatic rings. The second-order valence-corrected chi connectivity index (χ2v) is 4.21. The first kappa shape index (κ1) is 11.5. The van der Waals surface area contributed by atoms with Gasteiger partial charge in [0.2, 0.25) is 7.28 Å². The van der Waals surface area contributed by atoms with Gasteiger partial charge in [0, 0.05) is 0 Å². The summed E-state index contributed by atoms with van der Waals surface area (Å²) in [5.74, 6) is 0. The maximum atomic E-state index is 11.4. The minimum atomic E-state index is 0.470. The predicted molar refractivity (Wildman–Crippen MR) is 63.0 cm³/mol. The van der Waals surface area contributed by atoms with Crippen LogP contribution in [0.25, 0.3) is 0 Å². The van der Waals surface area contributed by atoms with Crippen LogP contribution in [0.2, 0.25) is 6.32 Å². The van der Waals surface area contributed by atoms with E-state index >= 15 is 0 Å². The molecule has 0 aromatic carbocycles. The molecule has 14 heavy (non-hydrogen) atoms. The predicted octanol–water partition coefficient (Wildman–Crippen LogP) is 3.06. The molecule has 0 unspecified atom stereocenters. The van der Waals surface area contributed by atoms with Gasteiger partial charge < -0.3 is 4.79 Å². The minimum absolute atomic E-state index is 0.470. The Morgan fingerprint density at radius 1 is 0.929 bits per heavy atom. The Morgan fingerprint density at radius 3 is 2.57 bits per heavy atom. The molecule has 2 heteroatoms. The van der Waals surface area contributed by atoms with E-state index in [1.165, 1.54) is 32.1 Å². The van der Waals surface area contributed by atoms with Gasteiger partial charge in [0.1, 0.15) is 0 Å². The molecule has 0 bridgehead atoms. The average Bonchev–Trinajstić information content (AvgIpc) is 2.20. The number of allylic oxidation sites excluding steroid dienone is 2. The van der Waals surface area contributed by atoms with Gasteiger partial charge in [-0.15, -0.1) is 0 Å². The Morgan fingerprint density at radius 2 is 1.64 bits per heavy atom. The van der Waals surface area contributed by atoms with Crippen LogP contribution >= 0.6 is 0 Å². The van der Waals surface area contributed by atoms with E-state index < -0.39 is 0 Å². The van der Waals surface area contributed by atoms with Gasteiger partial charge in [-0.25, -0.2) is 0 Å². The van der Waals surface area contributed by atoms with Crippen LogP contribution in [0.1, 0.15) is 51.4 Å². The van der Waals surface area contributed by atoms with E-state index in [0.29, 0.717) is 5.68 Å². The second-order valence-electron chi connectivity index (χ2n) is 4.21. The summed E-state index contributed by atoms with van der Waals surface area (Å²) in [6.45, 7) is 0. The SMILES string of the molecule is O=C1BCCC=CCCCCCCC1. The molecule has 0 fully saturated rings. The topological polar surface area (TPSA) is 17.1 Å². The minimum Gasteiger partial charge on any atom is -0.312 e. The first-order chi connectivity index (χ1) is 6.89. The molecule has 1 aliphatic heterocycles. The largest absolute Gasteiger partial charge is 0.312 e. The van der Waals surface area contributed by atoms with E-state index in [1.54, 1.807) is 0 Å². The van der Waals surface area contributed by atoms with Crippen LogP contribution in [-0.4, -0.2) is 13.0 Å². The lowest BCUT2D eigenvalue weighted by atomic mass is 9.67. The van der Waals surface area contributed by atoms with Crippen molar-refractivity contribution in [3.63, 3.8) is 0 Å². The molecule has 78 valence electrons. The Labute approximate surface area is 88.2 Å².